The van der Waals surface area contributed by atoms with Gasteiger partial charge in [0.25, 0.3) is 0 Å². The summed E-state index contributed by atoms with van der Waals surface area (Å²) in [5.41, 5.74) is 1.15. The molecule has 0 spiro atoms. The Morgan fingerprint density at radius 3 is 2.00 bits per heavy atom. The van der Waals surface area contributed by atoms with Crippen LogP contribution < -0.4 is 4.74 Å². The predicted molar refractivity (Wildman–Crippen MR) is 84.5 cm³/mol. The maximum absolute atomic E-state index is 12.3. The minimum atomic E-state index is -0.440. The SMILES string of the molecule is CC=CC(=O)Oc1ccc(C(=O)c2ccc(Br)cc2)cc1. The zero-order valence-electron chi connectivity index (χ0n) is 11.4. The van der Waals surface area contributed by atoms with Gasteiger partial charge in [0.1, 0.15) is 5.75 Å². The molecule has 21 heavy (non-hydrogen) atoms. The Labute approximate surface area is 131 Å². The molecule has 0 saturated heterocycles. The Bertz CT molecular complexity index is 670. The summed E-state index contributed by atoms with van der Waals surface area (Å²) in [6, 6.07) is 13.6. The van der Waals surface area contributed by atoms with Crippen LogP contribution in [0.2, 0.25) is 0 Å². The minimum absolute atomic E-state index is 0.0752. The van der Waals surface area contributed by atoms with Gasteiger partial charge in [-0.05, 0) is 55.5 Å². The third-order valence-electron chi connectivity index (χ3n) is 2.74. The van der Waals surface area contributed by atoms with Crippen molar-refractivity contribution in [2.75, 3.05) is 0 Å². The van der Waals surface area contributed by atoms with Crippen molar-refractivity contribution >= 4 is 27.7 Å². The van der Waals surface area contributed by atoms with E-state index in [1.807, 2.05) is 12.1 Å². The number of benzene rings is 2. The third kappa shape index (κ3) is 4.13. The largest absolute Gasteiger partial charge is 0.423 e. The van der Waals surface area contributed by atoms with E-state index >= 15 is 0 Å². The van der Waals surface area contributed by atoms with Crippen molar-refractivity contribution in [3.63, 3.8) is 0 Å². The van der Waals surface area contributed by atoms with Gasteiger partial charge in [0.05, 0.1) is 0 Å². The third-order valence-corrected chi connectivity index (χ3v) is 3.27. The van der Waals surface area contributed by atoms with Crippen LogP contribution in [0.5, 0.6) is 5.75 Å². The van der Waals surface area contributed by atoms with E-state index in [0.29, 0.717) is 16.9 Å². The summed E-state index contributed by atoms with van der Waals surface area (Å²) in [7, 11) is 0. The molecule has 4 heteroatoms. The standard InChI is InChI=1S/C17H13BrO3/c1-2-3-16(19)21-15-10-6-13(7-11-15)17(20)12-4-8-14(18)9-5-12/h2-11H,1H3. The second kappa shape index (κ2) is 6.99. The van der Waals surface area contributed by atoms with Crippen LogP contribution in [0, 0.1) is 0 Å². The molecular weight excluding hydrogens is 332 g/mol. The van der Waals surface area contributed by atoms with E-state index in [1.165, 1.54) is 6.08 Å². The Kier molecular flexibility index (Phi) is 5.06. The molecule has 0 atom stereocenters. The molecule has 106 valence electrons. The molecule has 0 unspecified atom stereocenters. The van der Waals surface area contributed by atoms with Crippen molar-refractivity contribution in [1.29, 1.82) is 0 Å². The van der Waals surface area contributed by atoms with Crippen LogP contribution >= 0.6 is 15.9 Å². The maximum atomic E-state index is 12.3. The molecule has 3 nitrogen and oxygen atoms in total. The molecule has 0 amide bonds. The Morgan fingerprint density at radius 2 is 1.48 bits per heavy atom. The molecule has 0 fully saturated rings. The van der Waals surface area contributed by atoms with Crippen molar-refractivity contribution in [2.45, 2.75) is 6.92 Å². The van der Waals surface area contributed by atoms with Gasteiger partial charge in [0, 0.05) is 21.7 Å². The second-order valence-electron chi connectivity index (χ2n) is 4.28. The Hall–Kier alpha value is -2.20. The summed E-state index contributed by atoms with van der Waals surface area (Å²) in [6.07, 6.45) is 2.94. The fraction of sp³-hybridized carbons (Fsp3) is 0.0588. The minimum Gasteiger partial charge on any atom is -0.423 e. The van der Waals surface area contributed by atoms with Gasteiger partial charge >= 0.3 is 5.97 Å². The van der Waals surface area contributed by atoms with Crippen LogP contribution in [0.15, 0.2) is 65.2 Å². The lowest BCUT2D eigenvalue weighted by atomic mass is 10.0. The lowest BCUT2D eigenvalue weighted by molar-refractivity contribution is -0.129. The van der Waals surface area contributed by atoms with E-state index < -0.39 is 5.97 Å². The monoisotopic (exact) mass is 344 g/mol. The van der Waals surface area contributed by atoms with Gasteiger partial charge in [0.15, 0.2) is 5.78 Å². The molecule has 0 aliphatic rings. The first-order valence-corrected chi connectivity index (χ1v) is 7.14. The number of allylic oxidation sites excluding steroid dienone is 1. The molecule has 2 aromatic rings. The van der Waals surface area contributed by atoms with Gasteiger partial charge in [-0.1, -0.05) is 22.0 Å². The number of halogens is 1. The number of carbonyl (C=O) groups is 2. The average Bonchev–Trinajstić information content (AvgIpc) is 2.48. The summed E-state index contributed by atoms with van der Waals surface area (Å²) in [4.78, 5) is 23.6. The molecule has 0 saturated carbocycles. The van der Waals surface area contributed by atoms with Gasteiger partial charge in [-0.25, -0.2) is 4.79 Å². The molecule has 0 bridgehead atoms. The average molecular weight is 345 g/mol. The predicted octanol–water partition coefficient (Wildman–Crippen LogP) is 4.16. The molecule has 0 heterocycles. The van der Waals surface area contributed by atoms with Crippen LogP contribution in [0.3, 0.4) is 0 Å². The van der Waals surface area contributed by atoms with Crippen LogP contribution in [-0.4, -0.2) is 11.8 Å². The zero-order valence-corrected chi connectivity index (χ0v) is 13.0. The van der Waals surface area contributed by atoms with E-state index in [4.69, 9.17) is 4.74 Å². The lowest BCUT2D eigenvalue weighted by Crippen LogP contribution is -2.04. The van der Waals surface area contributed by atoms with E-state index in [1.54, 1.807) is 49.4 Å². The maximum Gasteiger partial charge on any atom is 0.335 e. The first kappa shape index (κ1) is 15.2. The lowest BCUT2D eigenvalue weighted by Gasteiger charge is -2.04. The summed E-state index contributed by atoms with van der Waals surface area (Å²) in [6.45, 7) is 1.74. The topological polar surface area (TPSA) is 43.4 Å². The highest BCUT2D eigenvalue weighted by Gasteiger charge is 2.09. The van der Waals surface area contributed by atoms with Crippen LogP contribution in [0.1, 0.15) is 22.8 Å². The fourth-order valence-electron chi connectivity index (χ4n) is 1.73. The van der Waals surface area contributed by atoms with Gasteiger partial charge in [-0.15, -0.1) is 0 Å². The highest BCUT2D eigenvalue weighted by Crippen LogP contribution is 2.17. The Balaban J connectivity index is 2.13. The number of ether oxygens (including phenoxy) is 1. The molecule has 0 aliphatic carbocycles. The van der Waals surface area contributed by atoms with Crippen LogP contribution in [0.4, 0.5) is 0 Å². The van der Waals surface area contributed by atoms with Crippen LogP contribution in [-0.2, 0) is 4.79 Å². The fourth-order valence-corrected chi connectivity index (χ4v) is 1.99. The summed E-state index contributed by atoms with van der Waals surface area (Å²) >= 11 is 3.33. The molecule has 2 rings (SSSR count). The number of hydrogen-bond acceptors (Lipinski definition) is 3. The van der Waals surface area contributed by atoms with E-state index in [-0.39, 0.29) is 5.78 Å². The number of rotatable bonds is 4. The molecule has 2 aromatic carbocycles. The van der Waals surface area contributed by atoms with Crippen molar-refractivity contribution in [3.05, 3.63) is 76.3 Å². The summed E-state index contributed by atoms with van der Waals surface area (Å²) in [5, 5.41) is 0. The van der Waals surface area contributed by atoms with Crippen LogP contribution in [0.25, 0.3) is 0 Å². The molecular formula is C17H13BrO3. The Morgan fingerprint density at radius 1 is 0.952 bits per heavy atom. The van der Waals surface area contributed by atoms with Gasteiger partial charge in [0.2, 0.25) is 0 Å². The summed E-state index contributed by atoms with van der Waals surface area (Å²) < 4.78 is 5.99. The molecule has 0 radical (unpaired) electrons. The van der Waals surface area contributed by atoms with E-state index in [9.17, 15) is 9.59 Å². The molecule has 0 N–H and O–H groups in total. The highest BCUT2D eigenvalue weighted by molar-refractivity contribution is 9.10. The van der Waals surface area contributed by atoms with Crippen molar-refractivity contribution < 1.29 is 14.3 Å². The van der Waals surface area contributed by atoms with Crippen molar-refractivity contribution in [1.82, 2.24) is 0 Å². The first-order valence-electron chi connectivity index (χ1n) is 6.35. The number of hydrogen-bond donors (Lipinski definition) is 0. The molecule has 0 aromatic heterocycles. The van der Waals surface area contributed by atoms with E-state index in [0.717, 1.165) is 4.47 Å². The highest BCUT2D eigenvalue weighted by atomic mass is 79.9. The summed E-state index contributed by atoms with van der Waals surface area (Å²) in [5.74, 6) is -0.108. The number of esters is 1. The quantitative estimate of drug-likeness (QED) is 0.362. The second-order valence-corrected chi connectivity index (χ2v) is 5.20. The number of carbonyl (C=O) groups excluding carboxylic acids is 2. The zero-order chi connectivity index (χ0) is 15.2. The van der Waals surface area contributed by atoms with Gasteiger partial charge in [-0.2, -0.15) is 0 Å². The van der Waals surface area contributed by atoms with Crippen molar-refractivity contribution in [2.24, 2.45) is 0 Å². The smallest absolute Gasteiger partial charge is 0.335 e. The van der Waals surface area contributed by atoms with Gasteiger partial charge < -0.3 is 4.74 Å². The van der Waals surface area contributed by atoms with Gasteiger partial charge in [-0.3, -0.25) is 4.79 Å². The first-order chi connectivity index (χ1) is 10.1. The van der Waals surface area contributed by atoms with Crippen molar-refractivity contribution in [3.8, 4) is 5.75 Å². The normalized spacial score (nSPS) is 10.6. The van der Waals surface area contributed by atoms with E-state index in [2.05, 4.69) is 15.9 Å². The number of ketones is 1. The molecule has 0 aliphatic heterocycles.